The lowest BCUT2D eigenvalue weighted by atomic mass is 10.2. The standard InChI is InChI=1S/C12H11BrN2O/c13-12-11(4-2-7-15-12)16-8-5-10-3-1-6-14-9-10/h1-4,6-7,9H,5,8H2. The van der Waals surface area contributed by atoms with Crippen LogP contribution in [0.3, 0.4) is 0 Å². The van der Waals surface area contributed by atoms with Gasteiger partial charge >= 0.3 is 0 Å². The van der Waals surface area contributed by atoms with Crippen molar-refractivity contribution in [3.8, 4) is 5.75 Å². The molecule has 2 aromatic rings. The number of ether oxygens (including phenoxy) is 1. The van der Waals surface area contributed by atoms with Crippen LogP contribution >= 0.6 is 15.9 Å². The summed E-state index contributed by atoms with van der Waals surface area (Å²) in [5.74, 6) is 0.770. The van der Waals surface area contributed by atoms with E-state index >= 15 is 0 Å². The van der Waals surface area contributed by atoms with E-state index in [2.05, 4.69) is 25.9 Å². The molecule has 3 nitrogen and oxygen atoms in total. The van der Waals surface area contributed by atoms with Crippen LogP contribution in [0.25, 0.3) is 0 Å². The Balaban J connectivity index is 1.87. The average Bonchev–Trinajstić information content (AvgIpc) is 2.33. The van der Waals surface area contributed by atoms with Gasteiger partial charge in [-0.25, -0.2) is 4.98 Å². The number of pyridine rings is 2. The van der Waals surface area contributed by atoms with Gasteiger partial charge in [0, 0.05) is 25.0 Å². The van der Waals surface area contributed by atoms with Crippen molar-refractivity contribution in [3.63, 3.8) is 0 Å². The zero-order valence-electron chi connectivity index (χ0n) is 8.64. The molecule has 0 radical (unpaired) electrons. The normalized spacial score (nSPS) is 10.1. The molecule has 0 amide bonds. The molecule has 0 aliphatic heterocycles. The molecule has 0 fully saturated rings. The Labute approximate surface area is 103 Å². The second kappa shape index (κ2) is 5.61. The highest BCUT2D eigenvalue weighted by molar-refractivity contribution is 9.10. The van der Waals surface area contributed by atoms with Gasteiger partial charge in [-0.15, -0.1) is 0 Å². The molecule has 0 atom stereocenters. The van der Waals surface area contributed by atoms with Gasteiger partial charge in [-0.2, -0.15) is 0 Å². The first kappa shape index (κ1) is 11.1. The maximum Gasteiger partial charge on any atom is 0.152 e. The molecule has 0 aliphatic carbocycles. The first-order valence-corrected chi connectivity index (χ1v) is 5.78. The fraction of sp³-hybridized carbons (Fsp3) is 0.167. The molecule has 2 heterocycles. The van der Waals surface area contributed by atoms with Gasteiger partial charge in [0.2, 0.25) is 0 Å². The van der Waals surface area contributed by atoms with Crippen LogP contribution < -0.4 is 4.74 Å². The van der Waals surface area contributed by atoms with E-state index in [1.807, 2.05) is 30.5 Å². The second-order valence-corrected chi connectivity index (χ2v) is 4.00. The lowest BCUT2D eigenvalue weighted by Crippen LogP contribution is -2.02. The van der Waals surface area contributed by atoms with Crippen molar-refractivity contribution in [1.29, 1.82) is 0 Å². The molecular weight excluding hydrogens is 268 g/mol. The van der Waals surface area contributed by atoms with Crippen molar-refractivity contribution < 1.29 is 4.74 Å². The lowest BCUT2D eigenvalue weighted by Gasteiger charge is -2.06. The van der Waals surface area contributed by atoms with Crippen LogP contribution in [0, 0.1) is 0 Å². The first-order chi connectivity index (χ1) is 7.86. The van der Waals surface area contributed by atoms with Crippen LogP contribution in [0.15, 0.2) is 47.5 Å². The van der Waals surface area contributed by atoms with Crippen molar-refractivity contribution in [1.82, 2.24) is 9.97 Å². The highest BCUT2D eigenvalue weighted by Gasteiger charge is 2.00. The van der Waals surface area contributed by atoms with Crippen LogP contribution in [0.2, 0.25) is 0 Å². The summed E-state index contributed by atoms with van der Waals surface area (Å²) in [5, 5.41) is 0. The van der Waals surface area contributed by atoms with E-state index in [1.165, 1.54) is 5.56 Å². The van der Waals surface area contributed by atoms with Crippen LogP contribution in [0.1, 0.15) is 5.56 Å². The number of nitrogens with zero attached hydrogens (tertiary/aromatic N) is 2. The quantitative estimate of drug-likeness (QED) is 0.807. The van der Waals surface area contributed by atoms with Gasteiger partial charge in [0.1, 0.15) is 4.60 Å². The summed E-state index contributed by atoms with van der Waals surface area (Å²) in [5.41, 5.74) is 1.17. The molecule has 0 saturated heterocycles. The monoisotopic (exact) mass is 278 g/mol. The van der Waals surface area contributed by atoms with E-state index in [0.717, 1.165) is 16.8 Å². The molecule has 2 rings (SSSR count). The predicted molar refractivity (Wildman–Crippen MR) is 65.4 cm³/mol. The van der Waals surface area contributed by atoms with Crippen molar-refractivity contribution in [3.05, 3.63) is 53.0 Å². The van der Waals surface area contributed by atoms with E-state index in [-0.39, 0.29) is 0 Å². The van der Waals surface area contributed by atoms with Crippen molar-refractivity contribution >= 4 is 15.9 Å². The average molecular weight is 279 g/mol. The smallest absolute Gasteiger partial charge is 0.152 e. The molecule has 0 aromatic carbocycles. The summed E-state index contributed by atoms with van der Waals surface area (Å²) in [6.45, 7) is 0.621. The molecule has 0 N–H and O–H groups in total. The summed E-state index contributed by atoms with van der Waals surface area (Å²) in [7, 11) is 0. The molecule has 0 saturated carbocycles. The largest absolute Gasteiger partial charge is 0.490 e. The van der Waals surface area contributed by atoms with Crippen molar-refractivity contribution in [2.24, 2.45) is 0 Å². The molecule has 2 aromatic heterocycles. The maximum absolute atomic E-state index is 5.60. The van der Waals surface area contributed by atoms with Gasteiger partial charge in [-0.05, 0) is 39.7 Å². The molecule has 0 unspecified atom stereocenters. The van der Waals surface area contributed by atoms with E-state index in [0.29, 0.717) is 6.61 Å². The van der Waals surface area contributed by atoms with Gasteiger partial charge in [0.15, 0.2) is 5.75 Å². The van der Waals surface area contributed by atoms with Crippen LogP contribution in [-0.4, -0.2) is 16.6 Å². The Kier molecular flexibility index (Phi) is 3.88. The van der Waals surface area contributed by atoms with Crippen molar-refractivity contribution in [2.75, 3.05) is 6.61 Å². The zero-order valence-corrected chi connectivity index (χ0v) is 10.2. The topological polar surface area (TPSA) is 35.0 Å². The summed E-state index contributed by atoms with van der Waals surface area (Å²) < 4.78 is 6.34. The Hall–Kier alpha value is -1.42. The molecule has 0 spiro atoms. The van der Waals surface area contributed by atoms with E-state index < -0.39 is 0 Å². The van der Waals surface area contributed by atoms with Gasteiger partial charge in [0.05, 0.1) is 6.61 Å². The summed E-state index contributed by atoms with van der Waals surface area (Å²) in [6.07, 6.45) is 6.18. The minimum Gasteiger partial charge on any atom is -0.490 e. The third-order valence-corrected chi connectivity index (χ3v) is 2.69. The summed E-state index contributed by atoms with van der Waals surface area (Å²) in [6, 6.07) is 7.70. The van der Waals surface area contributed by atoms with Gasteiger partial charge in [-0.1, -0.05) is 6.07 Å². The van der Waals surface area contributed by atoms with Gasteiger partial charge in [-0.3, -0.25) is 4.98 Å². The Morgan fingerprint density at radius 2 is 2.06 bits per heavy atom. The van der Waals surface area contributed by atoms with E-state index in [1.54, 1.807) is 12.4 Å². The second-order valence-electron chi connectivity index (χ2n) is 3.25. The summed E-state index contributed by atoms with van der Waals surface area (Å²) in [4.78, 5) is 8.13. The Morgan fingerprint density at radius 3 is 2.81 bits per heavy atom. The highest BCUT2D eigenvalue weighted by Crippen LogP contribution is 2.20. The molecule has 4 heteroatoms. The number of hydrogen-bond donors (Lipinski definition) is 0. The van der Waals surface area contributed by atoms with Gasteiger partial charge < -0.3 is 4.74 Å². The molecule has 16 heavy (non-hydrogen) atoms. The lowest BCUT2D eigenvalue weighted by molar-refractivity contribution is 0.318. The zero-order chi connectivity index (χ0) is 11.2. The maximum atomic E-state index is 5.60. The predicted octanol–water partition coefficient (Wildman–Crippen LogP) is 2.86. The summed E-state index contributed by atoms with van der Waals surface area (Å²) >= 11 is 3.33. The number of halogens is 1. The molecule has 0 aliphatic rings. The highest BCUT2D eigenvalue weighted by atomic mass is 79.9. The van der Waals surface area contributed by atoms with Crippen LogP contribution in [0.4, 0.5) is 0 Å². The minimum absolute atomic E-state index is 0.621. The number of aromatic nitrogens is 2. The Bertz CT molecular complexity index is 448. The van der Waals surface area contributed by atoms with Gasteiger partial charge in [0.25, 0.3) is 0 Å². The fourth-order valence-corrected chi connectivity index (χ4v) is 1.67. The first-order valence-electron chi connectivity index (χ1n) is 4.98. The van der Waals surface area contributed by atoms with E-state index in [4.69, 9.17) is 4.74 Å². The molecule has 82 valence electrons. The third-order valence-electron chi connectivity index (χ3n) is 2.10. The third kappa shape index (κ3) is 3.03. The minimum atomic E-state index is 0.621. The number of hydrogen-bond acceptors (Lipinski definition) is 3. The van der Waals surface area contributed by atoms with Crippen LogP contribution in [-0.2, 0) is 6.42 Å². The SMILES string of the molecule is Brc1ncccc1OCCc1cccnc1. The molecular formula is C12H11BrN2O. The van der Waals surface area contributed by atoms with Crippen LogP contribution in [0.5, 0.6) is 5.75 Å². The molecule has 0 bridgehead atoms. The number of rotatable bonds is 4. The fourth-order valence-electron chi connectivity index (χ4n) is 1.30. The van der Waals surface area contributed by atoms with Crippen molar-refractivity contribution in [2.45, 2.75) is 6.42 Å². The Morgan fingerprint density at radius 1 is 1.19 bits per heavy atom. The van der Waals surface area contributed by atoms with E-state index in [9.17, 15) is 0 Å².